The number of aliphatic carboxylic acids is 1. The second-order valence-corrected chi connectivity index (χ2v) is 5.74. The molecule has 0 aromatic carbocycles. The van der Waals surface area contributed by atoms with Gasteiger partial charge in [0.15, 0.2) is 0 Å². The molecule has 0 aliphatic carbocycles. The average molecular weight is 336 g/mol. The van der Waals surface area contributed by atoms with Crippen LogP contribution in [0.4, 0.5) is 0 Å². The van der Waals surface area contributed by atoms with E-state index in [1.54, 1.807) is 12.2 Å². The Hall–Kier alpha value is -1.65. The summed E-state index contributed by atoms with van der Waals surface area (Å²) in [7, 11) is 0. The Morgan fingerprint density at radius 3 is 2.42 bits per heavy atom. The fourth-order valence-electron chi connectivity index (χ4n) is 2.03. The van der Waals surface area contributed by atoms with Crippen molar-refractivity contribution in [2.45, 2.75) is 70.5 Å². The van der Waals surface area contributed by atoms with Gasteiger partial charge in [-0.15, -0.1) is 0 Å². The maximum atomic E-state index is 10.4. The zero-order chi connectivity index (χ0) is 18.0. The number of aliphatic hydroxyl groups excluding tert-OH is 2. The number of hydrogen-bond acceptors (Lipinski definition) is 3. The highest BCUT2D eigenvalue weighted by atomic mass is 16.4. The van der Waals surface area contributed by atoms with Gasteiger partial charge in [-0.3, -0.25) is 4.79 Å². The molecule has 0 saturated carbocycles. The van der Waals surface area contributed by atoms with Crippen molar-refractivity contribution in [2.24, 2.45) is 0 Å². The molecule has 0 rings (SSSR count). The van der Waals surface area contributed by atoms with Gasteiger partial charge in [-0.05, 0) is 32.1 Å². The lowest BCUT2D eigenvalue weighted by molar-refractivity contribution is -0.137. The quantitative estimate of drug-likeness (QED) is 0.253. The van der Waals surface area contributed by atoms with Crippen molar-refractivity contribution in [3.8, 4) is 0 Å². The van der Waals surface area contributed by atoms with E-state index in [0.29, 0.717) is 6.42 Å². The van der Waals surface area contributed by atoms with Crippen LogP contribution >= 0.6 is 0 Å². The van der Waals surface area contributed by atoms with Crippen molar-refractivity contribution >= 4 is 5.97 Å². The number of carboxylic acids is 1. The molecule has 0 fully saturated rings. The number of rotatable bonds is 14. The zero-order valence-corrected chi connectivity index (χ0v) is 14.7. The molecule has 0 aromatic heterocycles. The van der Waals surface area contributed by atoms with Crippen molar-refractivity contribution in [1.82, 2.24) is 0 Å². The first-order valence-corrected chi connectivity index (χ1v) is 8.80. The lowest BCUT2D eigenvalue weighted by Crippen LogP contribution is -2.23. The standard InChI is InChI=1S/C20H32O4/c1-2-3-4-5-6-7-8-9-10-11-12-13-15-18(21)19(22)16-14-17-20(23)24/h6-7,9-13,15,18-19,21-22H,2-5,8,14,16-17H2,1H3,(H,23,24)/b7-6+,10-9+,12-11+,15-13+/t18-,19-/m0/s1. The molecule has 136 valence electrons. The van der Waals surface area contributed by atoms with Gasteiger partial charge in [0.05, 0.1) is 12.2 Å². The Labute approximate surface area is 145 Å². The molecule has 0 radical (unpaired) electrons. The molecule has 0 saturated heterocycles. The number of unbranched alkanes of at least 4 members (excludes halogenated alkanes) is 3. The minimum absolute atomic E-state index is 0.00520. The van der Waals surface area contributed by atoms with Gasteiger partial charge in [-0.1, -0.05) is 68.4 Å². The maximum Gasteiger partial charge on any atom is 0.303 e. The highest BCUT2D eigenvalue weighted by Gasteiger charge is 2.12. The van der Waals surface area contributed by atoms with Gasteiger partial charge in [-0.25, -0.2) is 0 Å². The minimum Gasteiger partial charge on any atom is -0.481 e. The average Bonchev–Trinajstić information content (AvgIpc) is 2.55. The van der Waals surface area contributed by atoms with Crippen LogP contribution in [0.5, 0.6) is 0 Å². The van der Waals surface area contributed by atoms with Crippen molar-refractivity contribution in [3.05, 3.63) is 48.6 Å². The summed E-state index contributed by atoms with van der Waals surface area (Å²) in [6, 6.07) is 0. The van der Waals surface area contributed by atoms with Crippen LogP contribution in [-0.2, 0) is 4.79 Å². The third-order valence-corrected chi connectivity index (χ3v) is 3.48. The Morgan fingerprint density at radius 1 is 0.958 bits per heavy atom. The van der Waals surface area contributed by atoms with Crippen LogP contribution in [-0.4, -0.2) is 33.5 Å². The van der Waals surface area contributed by atoms with Crippen LogP contribution in [0.15, 0.2) is 48.6 Å². The molecule has 0 amide bonds. The van der Waals surface area contributed by atoms with E-state index in [9.17, 15) is 15.0 Å². The maximum absolute atomic E-state index is 10.4. The predicted octanol–water partition coefficient (Wildman–Crippen LogP) is 4.16. The van der Waals surface area contributed by atoms with E-state index < -0.39 is 18.2 Å². The first kappa shape index (κ1) is 22.4. The van der Waals surface area contributed by atoms with E-state index in [1.165, 1.54) is 25.3 Å². The second kappa shape index (κ2) is 16.2. The monoisotopic (exact) mass is 336 g/mol. The first-order valence-electron chi connectivity index (χ1n) is 8.80. The summed E-state index contributed by atoms with van der Waals surface area (Å²) in [5, 5.41) is 27.9. The van der Waals surface area contributed by atoms with E-state index in [0.717, 1.165) is 12.8 Å². The van der Waals surface area contributed by atoms with E-state index in [-0.39, 0.29) is 12.8 Å². The van der Waals surface area contributed by atoms with Crippen LogP contribution < -0.4 is 0 Å². The van der Waals surface area contributed by atoms with Gasteiger partial charge in [0.2, 0.25) is 0 Å². The molecule has 24 heavy (non-hydrogen) atoms. The van der Waals surface area contributed by atoms with Gasteiger partial charge in [0.25, 0.3) is 0 Å². The summed E-state index contributed by atoms with van der Waals surface area (Å²) in [6.07, 6.45) is 19.8. The Kier molecular flexibility index (Phi) is 15.1. The van der Waals surface area contributed by atoms with E-state index in [1.807, 2.05) is 12.2 Å². The van der Waals surface area contributed by atoms with Gasteiger partial charge < -0.3 is 15.3 Å². The van der Waals surface area contributed by atoms with Gasteiger partial charge in [0.1, 0.15) is 0 Å². The molecule has 0 unspecified atom stereocenters. The van der Waals surface area contributed by atoms with Gasteiger partial charge in [-0.2, -0.15) is 0 Å². The largest absolute Gasteiger partial charge is 0.481 e. The van der Waals surface area contributed by atoms with Crippen LogP contribution in [0.1, 0.15) is 58.3 Å². The molecule has 4 heteroatoms. The molecule has 2 atom stereocenters. The molecule has 0 spiro atoms. The fourth-order valence-corrected chi connectivity index (χ4v) is 2.03. The third kappa shape index (κ3) is 15.3. The minimum atomic E-state index is -0.974. The fraction of sp³-hybridized carbons (Fsp3) is 0.550. The molecule has 0 bridgehead atoms. The highest BCUT2D eigenvalue weighted by molar-refractivity contribution is 5.66. The summed E-state index contributed by atoms with van der Waals surface area (Å²) >= 11 is 0. The summed E-state index contributed by atoms with van der Waals surface area (Å²) in [5.74, 6) is -0.891. The Morgan fingerprint density at radius 2 is 1.71 bits per heavy atom. The lowest BCUT2D eigenvalue weighted by Gasteiger charge is -2.13. The van der Waals surface area contributed by atoms with Gasteiger partial charge >= 0.3 is 5.97 Å². The topological polar surface area (TPSA) is 77.8 Å². The molecule has 4 nitrogen and oxygen atoms in total. The highest BCUT2D eigenvalue weighted by Crippen LogP contribution is 2.06. The lowest BCUT2D eigenvalue weighted by atomic mass is 10.1. The molecule has 0 heterocycles. The van der Waals surface area contributed by atoms with Crippen LogP contribution in [0.2, 0.25) is 0 Å². The number of hydrogen-bond donors (Lipinski definition) is 3. The summed E-state index contributed by atoms with van der Waals surface area (Å²) in [5.41, 5.74) is 0. The summed E-state index contributed by atoms with van der Waals surface area (Å²) < 4.78 is 0. The predicted molar refractivity (Wildman–Crippen MR) is 98.8 cm³/mol. The normalized spacial score (nSPS) is 15.1. The van der Waals surface area contributed by atoms with E-state index in [2.05, 4.69) is 25.2 Å². The van der Waals surface area contributed by atoms with E-state index in [4.69, 9.17) is 5.11 Å². The molecule has 0 aromatic rings. The zero-order valence-electron chi connectivity index (χ0n) is 14.7. The molecule has 0 aliphatic heterocycles. The molecular weight excluding hydrogens is 304 g/mol. The van der Waals surface area contributed by atoms with E-state index >= 15 is 0 Å². The van der Waals surface area contributed by atoms with Crippen molar-refractivity contribution in [2.75, 3.05) is 0 Å². The summed E-state index contributed by atoms with van der Waals surface area (Å²) in [4.78, 5) is 10.4. The second-order valence-electron chi connectivity index (χ2n) is 5.74. The van der Waals surface area contributed by atoms with Crippen molar-refractivity contribution in [1.29, 1.82) is 0 Å². The first-order chi connectivity index (χ1) is 11.6. The number of carboxylic acid groups (broad SMARTS) is 1. The van der Waals surface area contributed by atoms with Crippen LogP contribution in [0.25, 0.3) is 0 Å². The third-order valence-electron chi connectivity index (χ3n) is 3.48. The molecule has 3 N–H and O–H groups in total. The van der Waals surface area contributed by atoms with Crippen LogP contribution in [0.3, 0.4) is 0 Å². The van der Waals surface area contributed by atoms with Crippen LogP contribution in [0, 0.1) is 0 Å². The SMILES string of the molecule is CCCCC/C=C/C/C=C/C=C/C=C/[C@H](O)[C@@H](O)CCCC(=O)O. The van der Waals surface area contributed by atoms with Gasteiger partial charge in [0, 0.05) is 6.42 Å². The molecule has 0 aliphatic rings. The Balaban J connectivity index is 3.81. The van der Waals surface area contributed by atoms with Crippen molar-refractivity contribution < 1.29 is 20.1 Å². The molecular formula is C20H32O4. The Bertz CT molecular complexity index is 421. The smallest absolute Gasteiger partial charge is 0.303 e. The number of allylic oxidation sites excluding steroid dienone is 7. The van der Waals surface area contributed by atoms with Crippen molar-refractivity contribution in [3.63, 3.8) is 0 Å². The number of aliphatic hydroxyl groups is 2. The summed E-state index contributed by atoms with van der Waals surface area (Å²) in [6.45, 7) is 2.20. The number of carbonyl (C=O) groups is 1.